The average Bonchev–Trinajstić information content (AvgIpc) is 2.86. The monoisotopic (exact) mass is 250 g/mol. The summed E-state index contributed by atoms with van der Waals surface area (Å²) >= 11 is 0. The zero-order chi connectivity index (χ0) is 12.5. The summed E-state index contributed by atoms with van der Waals surface area (Å²) < 4.78 is 19.2. The lowest BCUT2D eigenvalue weighted by molar-refractivity contribution is -0.0446. The van der Waals surface area contributed by atoms with Crippen molar-refractivity contribution < 1.29 is 13.9 Å². The van der Waals surface area contributed by atoms with Gasteiger partial charge in [0.05, 0.1) is 30.5 Å². The van der Waals surface area contributed by atoms with Crippen LogP contribution in [-0.2, 0) is 4.74 Å². The lowest BCUT2D eigenvalue weighted by Crippen LogP contribution is -2.51. The number of carbonyl (C=O) groups is 1. The molecule has 96 valence electrons. The molecule has 2 aliphatic rings. The molecule has 1 aromatic rings. The maximum Gasteiger partial charge on any atom is 0.257 e. The molecule has 1 aliphatic carbocycles. The van der Waals surface area contributed by atoms with Crippen LogP contribution in [0.15, 0.2) is 18.5 Å². The van der Waals surface area contributed by atoms with E-state index in [0.717, 1.165) is 25.5 Å². The first-order valence-electron chi connectivity index (χ1n) is 6.29. The van der Waals surface area contributed by atoms with Crippen molar-refractivity contribution >= 4 is 5.91 Å². The van der Waals surface area contributed by atoms with Crippen LogP contribution in [0.5, 0.6) is 0 Å². The number of halogens is 1. The Bertz CT molecular complexity index is 466. The quantitative estimate of drug-likeness (QED) is 0.760. The molecular formula is C13H15FN2O2. The van der Waals surface area contributed by atoms with Crippen LogP contribution in [0.4, 0.5) is 4.39 Å². The topological polar surface area (TPSA) is 42.4 Å². The van der Waals surface area contributed by atoms with E-state index < -0.39 is 5.82 Å². The van der Waals surface area contributed by atoms with Gasteiger partial charge < -0.3 is 9.64 Å². The van der Waals surface area contributed by atoms with Crippen molar-refractivity contribution in [3.05, 3.63) is 29.8 Å². The number of morpholine rings is 1. The van der Waals surface area contributed by atoms with Crippen molar-refractivity contribution in [3.63, 3.8) is 0 Å². The van der Waals surface area contributed by atoms with Gasteiger partial charge in [-0.05, 0) is 25.3 Å². The number of ether oxygens (including phenoxy) is 1. The zero-order valence-electron chi connectivity index (χ0n) is 10.0. The van der Waals surface area contributed by atoms with Crippen molar-refractivity contribution in [2.75, 3.05) is 13.2 Å². The minimum Gasteiger partial charge on any atom is -0.374 e. The van der Waals surface area contributed by atoms with E-state index in [9.17, 15) is 9.18 Å². The number of amides is 1. The van der Waals surface area contributed by atoms with E-state index in [1.54, 1.807) is 4.90 Å². The number of pyridine rings is 1. The second-order valence-corrected chi connectivity index (χ2v) is 4.76. The number of hydrogen-bond donors (Lipinski definition) is 0. The zero-order valence-corrected chi connectivity index (χ0v) is 10.0. The Morgan fingerprint density at radius 2 is 2.39 bits per heavy atom. The maximum absolute atomic E-state index is 13.6. The van der Waals surface area contributed by atoms with Crippen LogP contribution in [0.2, 0.25) is 0 Å². The maximum atomic E-state index is 13.6. The highest BCUT2D eigenvalue weighted by atomic mass is 19.1. The molecule has 0 aromatic carbocycles. The molecule has 1 aromatic heterocycles. The van der Waals surface area contributed by atoms with E-state index in [2.05, 4.69) is 4.98 Å². The Morgan fingerprint density at radius 3 is 3.22 bits per heavy atom. The lowest BCUT2D eigenvalue weighted by atomic mass is 10.1. The van der Waals surface area contributed by atoms with E-state index in [4.69, 9.17) is 4.74 Å². The van der Waals surface area contributed by atoms with Crippen LogP contribution in [0.1, 0.15) is 29.6 Å². The lowest BCUT2D eigenvalue weighted by Gasteiger charge is -2.37. The number of aromatic nitrogens is 1. The molecule has 2 fully saturated rings. The summed E-state index contributed by atoms with van der Waals surface area (Å²) in [4.78, 5) is 17.8. The first-order chi connectivity index (χ1) is 8.77. The molecule has 1 amide bonds. The van der Waals surface area contributed by atoms with Gasteiger partial charge in [-0.3, -0.25) is 9.78 Å². The third-order valence-corrected chi connectivity index (χ3v) is 3.75. The minimum absolute atomic E-state index is 0.109. The van der Waals surface area contributed by atoms with Gasteiger partial charge >= 0.3 is 0 Å². The molecule has 1 saturated carbocycles. The summed E-state index contributed by atoms with van der Waals surface area (Å²) in [7, 11) is 0. The molecule has 2 heterocycles. The highest BCUT2D eigenvalue weighted by molar-refractivity contribution is 5.94. The van der Waals surface area contributed by atoms with Crippen molar-refractivity contribution in [3.8, 4) is 0 Å². The normalized spacial score (nSPS) is 27.1. The van der Waals surface area contributed by atoms with Gasteiger partial charge in [0.2, 0.25) is 0 Å². The van der Waals surface area contributed by atoms with E-state index in [1.165, 1.54) is 12.3 Å². The van der Waals surface area contributed by atoms with Crippen molar-refractivity contribution in [2.45, 2.75) is 31.4 Å². The highest BCUT2D eigenvalue weighted by Crippen LogP contribution is 2.30. The third kappa shape index (κ3) is 1.88. The minimum atomic E-state index is -0.552. The molecule has 0 spiro atoms. The van der Waals surface area contributed by atoms with Gasteiger partial charge in [-0.25, -0.2) is 4.39 Å². The summed E-state index contributed by atoms with van der Waals surface area (Å²) in [6, 6.07) is 1.55. The molecule has 0 bridgehead atoms. The van der Waals surface area contributed by atoms with Gasteiger partial charge in [0.15, 0.2) is 5.82 Å². The average molecular weight is 250 g/mol. The molecule has 1 aliphatic heterocycles. The van der Waals surface area contributed by atoms with E-state index in [1.807, 2.05) is 0 Å². The highest BCUT2D eigenvalue weighted by Gasteiger charge is 2.39. The third-order valence-electron chi connectivity index (χ3n) is 3.75. The Morgan fingerprint density at radius 1 is 1.50 bits per heavy atom. The molecule has 18 heavy (non-hydrogen) atoms. The Balaban J connectivity index is 1.86. The molecule has 5 heteroatoms. The molecule has 2 atom stereocenters. The van der Waals surface area contributed by atoms with E-state index in [0.29, 0.717) is 13.2 Å². The van der Waals surface area contributed by atoms with Crippen LogP contribution in [0.3, 0.4) is 0 Å². The number of nitrogens with zero attached hydrogens (tertiary/aromatic N) is 2. The fourth-order valence-corrected chi connectivity index (χ4v) is 2.88. The summed E-state index contributed by atoms with van der Waals surface area (Å²) in [6.07, 6.45) is 5.67. The van der Waals surface area contributed by atoms with Crippen molar-refractivity contribution in [1.82, 2.24) is 9.88 Å². The molecular weight excluding hydrogens is 235 g/mol. The van der Waals surface area contributed by atoms with Crippen molar-refractivity contribution in [2.24, 2.45) is 0 Å². The molecule has 2 unspecified atom stereocenters. The molecule has 3 rings (SSSR count). The fraction of sp³-hybridized carbons (Fsp3) is 0.538. The van der Waals surface area contributed by atoms with E-state index in [-0.39, 0.29) is 23.6 Å². The van der Waals surface area contributed by atoms with Crippen LogP contribution in [-0.4, -0.2) is 41.1 Å². The van der Waals surface area contributed by atoms with E-state index >= 15 is 0 Å². The second-order valence-electron chi connectivity index (χ2n) is 4.76. The number of hydrogen-bond acceptors (Lipinski definition) is 3. The first-order valence-corrected chi connectivity index (χ1v) is 6.29. The molecule has 1 saturated heterocycles. The van der Waals surface area contributed by atoms with Gasteiger partial charge in [-0.15, -0.1) is 0 Å². The summed E-state index contributed by atoms with van der Waals surface area (Å²) in [5.74, 6) is -0.793. The fourth-order valence-electron chi connectivity index (χ4n) is 2.88. The first kappa shape index (κ1) is 11.6. The Kier molecular flexibility index (Phi) is 2.99. The largest absolute Gasteiger partial charge is 0.374 e. The summed E-state index contributed by atoms with van der Waals surface area (Å²) in [5.41, 5.74) is 0.109. The Hall–Kier alpha value is -1.49. The smallest absolute Gasteiger partial charge is 0.257 e. The molecule has 0 radical (unpaired) electrons. The predicted octanol–water partition coefficient (Wildman–Crippen LogP) is 1.61. The molecule has 0 N–H and O–H groups in total. The molecule has 4 nitrogen and oxygen atoms in total. The summed E-state index contributed by atoms with van der Waals surface area (Å²) in [6.45, 7) is 1.08. The van der Waals surface area contributed by atoms with Gasteiger partial charge in [0, 0.05) is 12.7 Å². The van der Waals surface area contributed by atoms with Crippen molar-refractivity contribution in [1.29, 1.82) is 0 Å². The number of carbonyl (C=O) groups excluding carboxylic acids is 1. The van der Waals surface area contributed by atoms with Gasteiger partial charge in [-0.2, -0.15) is 0 Å². The standard InChI is InChI=1S/C13H15FN2O2/c14-10-8-15-5-4-9(10)13(17)16-6-7-18-12-3-1-2-11(12)16/h4-5,8,11-12H,1-3,6-7H2. The second kappa shape index (κ2) is 4.65. The SMILES string of the molecule is O=C(c1ccncc1F)N1CCOC2CCCC21. The predicted molar refractivity (Wildman–Crippen MR) is 62.6 cm³/mol. The van der Waals surface area contributed by atoms with Crippen LogP contribution >= 0.6 is 0 Å². The number of rotatable bonds is 1. The van der Waals surface area contributed by atoms with Crippen LogP contribution in [0.25, 0.3) is 0 Å². The van der Waals surface area contributed by atoms with Gasteiger partial charge in [-0.1, -0.05) is 0 Å². The number of fused-ring (bicyclic) bond motifs is 1. The Labute approximate surface area is 105 Å². The van der Waals surface area contributed by atoms with Gasteiger partial charge in [0.1, 0.15) is 0 Å². The van der Waals surface area contributed by atoms with Gasteiger partial charge in [0.25, 0.3) is 5.91 Å². The van der Waals surface area contributed by atoms with Crippen LogP contribution < -0.4 is 0 Å². The summed E-state index contributed by atoms with van der Waals surface area (Å²) in [5, 5.41) is 0. The van der Waals surface area contributed by atoms with Crippen LogP contribution in [0, 0.1) is 5.82 Å².